The number of aromatic nitrogens is 1. The van der Waals surface area contributed by atoms with Crippen LogP contribution in [-0.4, -0.2) is 44.1 Å². The Bertz CT molecular complexity index is 634. The molecule has 2 aromatic heterocycles. The summed E-state index contributed by atoms with van der Waals surface area (Å²) in [5, 5.41) is 3.85. The van der Waals surface area contributed by atoms with Crippen molar-refractivity contribution in [3.8, 4) is 0 Å². The van der Waals surface area contributed by atoms with Crippen molar-refractivity contribution in [2.45, 2.75) is 0 Å². The molecule has 2 heterocycles. The van der Waals surface area contributed by atoms with Crippen LogP contribution in [0, 0.1) is 0 Å². The molecule has 98 valence electrons. The molecule has 7 heteroatoms. The third-order valence-electron chi connectivity index (χ3n) is 2.59. The molecular formula is C11H15N3O3S. The van der Waals surface area contributed by atoms with Gasteiger partial charge in [0.05, 0.1) is 17.4 Å². The highest BCUT2D eigenvalue weighted by molar-refractivity contribution is 7.89. The Hall–Kier alpha value is -1.60. The van der Waals surface area contributed by atoms with Crippen LogP contribution in [0.5, 0.6) is 0 Å². The van der Waals surface area contributed by atoms with E-state index in [0.717, 1.165) is 11.0 Å². The van der Waals surface area contributed by atoms with E-state index in [1.54, 1.807) is 24.6 Å². The van der Waals surface area contributed by atoms with E-state index >= 15 is 0 Å². The fourth-order valence-corrected chi connectivity index (χ4v) is 2.24. The average Bonchev–Trinajstić information content (AvgIpc) is 2.77. The summed E-state index contributed by atoms with van der Waals surface area (Å²) in [4.78, 5) is 4.16. The normalized spacial score (nSPS) is 12.2. The van der Waals surface area contributed by atoms with Crippen LogP contribution in [0.25, 0.3) is 11.0 Å². The Balaban J connectivity index is 2.05. The van der Waals surface area contributed by atoms with Crippen LogP contribution in [0.4, 0.5) is 5.82 Å². The van der Waals surface area contributed by atoms with Crippen molar-refractivity contribution in [2.75, 3.05) is 31.7 Å². The number of nitrogens with zero attached hydrogens (tertiary/aromatic N) is 2. The highest BCUT2D eigenvalue weighted by Gasteiger charge is 2.13. The molecule has 1 N–H and O–H groups in total. The summed E-state index contributed by atoms with van der Waals surface area (Å²) in [5.41, 5.74) is 0.725. The van der Waals surface area contributed by atoms with Crippen LogP contribution in [0.1, 0.15) is 0 Å². The zero-order valence-electron chi connectivity index (χ0n) is 10.3. The molecule has 0 aliphatic heterocycles. The fraction of sp³-hybridized carbons (Fsp3) is 0.364. The number of furan rings is 1. The summed E-state index contributed by atoms with van der Waals surface area (Å²) < 4.78 is 29.6. The molecule has 0 amide bonds. The first-order valence-electron chi connectivity index (χ1n) is 5.47. The number of hydrogen-bond donors (Lipinski definition) is 1. The lowest BCUT2D eigenvalue weighted by Crippen LogP contribution is -2.28. The van der Waals surface area contributed by atoms with Crippen molar-refractivity contribution in [1.82, 2.24) is 9.29 Å². The smallest absolute Gasteiger partial charge is 0.215 e. The molecule has 0 aliphatic carbocycles. The van der Waals surface area contributed by atoms with Gasteiger partial charge in [0, 0.05) is 26.8 Å². The van der Waals surface area contributed by atoms with E-state index in [4.69, 9.17) is 4.42 Å². The number of pyridine rings is 1. The van der Waals surface area contributed by atoms with Gasteiger partial charge in [-0.2, -0.15) is 0 Å². The Morgan fingerprint density at radius 1 is 1.39 bits per heavy atom. The molecule has 6 nitrogen and oxygen atoms in total. The predicted molar refractivity (Wildman–Crippen MR) is 70.0 cm³/mol. The van der Waals surface area contributed by atoms with Crippen LogP contribution in [-0.2, 0) is 10.0 Å². The van der Waals surface area contributed by atoms with Gasteiger partial charge in [-0.05, 0) is 12.1 Å². The van der Waals surface area contributed by atoms with E-state index in [9.17, 15) is 8.42 Å². The van der Waals surface area contributed by atoms with Crippen molar-refractivity contribution in [1.29, 1.82) is 0 Å². The summed E-state index contributed by atoms with van der Waals surface area (Å²) in [5.74, 6) is 0.658. The van der Waals surface area contributed by atoms with Gasteiger partial charge in [0.2, 0.25) is 10.0 Å². The average molecular weight is 269 g/mol. The van der Waals surface area contributed by atoms with E-state index in [2.05, 4.69) is 10.3 Å². The van der Waals surface area contributed by atoms with Crippen LogP contribution in [0.3, 0.4) is 0 Å². The number of sulfonamides is 1. The summed E-state index contributed by atoms with van der Waals surface area (Å²) in [7, 11) is -0.152. The van der Waals surface area contributed by atoms with E-state index in [-0.39, 0.29) is 5.75 Å². The number of nitrogens with one attached hydrogen (secondary N) is 1. The second-order valence-corrected chi connectivity index (χ2v) is 6.32. The van der Waals surface area contributed by atoms with E-state index < -0.39 is 10.0 Å². The third kappa shape index (κ3) is 2.62. The molecular weight excluding hydrogens is 254 g/mol. The minimum Gasteiger partial charge on any atom is -0.464 e. The van der Waals surface area contributed by atoms with Crippen LogP contribution in [0.2, 0.25) is 0 Å². The lowest BCUT2D eigenvalue weighted by Gasteiger charge is -2.11. The predicted octanol–water partition coefficient (Wildman–Crippen LogP) is 1.13. The van der Waals surface area contributed by atoms with Crippen molar-refractivity contribution in [3.05, 3.63) is 24.6 Å². The van der Waals surface area contributed by atoms with Gasteiger partial charge in [-0.25, -0.2) is 17.7 Å². The van der Waals surface area contributed by atoms with Crippen molar-refractivity contribution >= 4 is 26.8 Å². The molecule has 0 spiro atoms. The molecule has 0 aromatic carbocycles. The topological polar surface area (TPSA) is 75.4 Å². The van der Waals surface area contributed by atoms with E-state index in [1.165, 1.54) is 18.4 Å². The minimum absolute atomic E-state index is 0.0237. The van der Waals surface area contributed by atoms with Crippen molar-refractivity contribution < 1.29 is 12.8 Å². The summed E-state index contributed by atoms with van der Waals surface area (Å²) in [6.07, 6.45) is 3.20. The third-order valence-corrected chi connectivity index (χ3v) is 4.42. The Morgan fingerprint density at radius 2 is 2.17 bits per heavy atom. The van der Waals surface area contributed by atoms with Gasteiger partial charge in [0.1, 0.15) is 11.4 Å². The van der Waals surface area contributed by atoms with Gasteiger partial charge in [-0.1, -0.05) is 0 Å². The highest BCUT2D eigenvalue weighted by Crippen LogP contribution is 2.21. The fourth-order valence-electron chi connectivity index (χ4n) is 1.52. The first-order chi connectivity index (χ1) is 8.50. The van der Waals surface area contributed by atoms with Crippen LogP contribution < -0.4 is 5.32 Å². The lowest BCUT2D eigenvalue weighted by molar-refractivity contribution is 0.521. The number of rotatable bonds is 5. The summed E-state index contributed by atoms with van der Waals surface area (Å²) >= 11 is 0. The van der Waals surface area contributed by atoms with Crippen LogP contribution >= 0.6 is 0 Å². The molecule has 0 aliphatic rings. The van der Waals surface area contributed by atoms with Gasteiger partial charge >= 0.3 is 0 Å². The molecule has 0 saturated heterocycles. The molecule has 0 radical (unpaired) electrons. The lowest BCUT2D eigenvalue weighted by atomic mass is 10.3. The van der Waals surface area contributed by atoms with Crippen molar-refractivity contribution in [2.24, 2.45) is 0 Å². The van der Waals surface area contributed by atoms with Crippen LogP contribution in [0.15, 0.2) is 29.0 Å². The molecule has 0 unspecified atom stereocenters. The summed E-state index contributed by atoms with van der Waals surface area (Å²) in [6.45, 7) is 0.303. The van der Waals surface area contributed by atoms with Gasteiger partial charge in [-0.15, -0.1) is 0 Å². The minimum atomic E-state index is -3.19. The SMILES string of the molecule is CN(C)S(=O)(=O)CCNc1nccc2occc12. The van der Waals surface area contributed by atoms with Gasteiger partial charge in [-0.3, -0.25) is 0 Å². The monoisotopic (exact) mass is 269 g/mol. The standard InChI is InChI=1S/C11H15N3O3S/c1-14(2)18(15,16)8-6-13-11-9-4-7-17-10(9)3-5-12-11/h3-5,7H,6,8H2,1-2H3,(H,12,13). The maximum Gasteiger partial charge on any atom is 0.215 e. The first kappa shape index (κ1) is 12.8. The molecule has 2 aromatic rings. The Morgan fingerprint density at radius 3 is 2.89 bits per heavy atom. The maximum atomic E-state index is 11.6. The Labute approximate surface area is 106 Å². The summed E-state index contributed by atoms with van der Waals surface area (Å²) in [6, 6.07) is 3.56. The number of fused-ring (bicyclic) bond motifs is 1. The molecule has 2 rings (SSSR count). The van der Waals surface area contributed by atoms with Gasteiger partial charge < -0.3 is 9.73 Å². The molecule has 0 bridgehead atoms. The highest BCUT2D eigenvalue weighted by atomic mass is 32.2. The van der Waals surface area contributed by atoms with Crippen molar-refractivity contribution in [3.63, 3.8) is 0 Å². The van der Waals surface area contributed by atoms with Gasteiger partial charge in [0.15, 0.2) is 0 Å². The molecule has 0 atom stereocenters. The quantitative estimate of drug-likeness (QED) is 0.880. The number of anilines is 1. The molecule has 18 heavy (non-hydrogen) atoms. The second-order valence-electron chi connectivity index (χ2n) is 4.02. The zero-order chi connectivity index (χ0) is 13.2. The molecule has 0 saturated carbocycles. The Kier molecular flexibility index (Phi) is 3.53. The zero-order valence-corrected chi connectivity index (χ0v) is 11.1. The largest absolute Gasteiger partial charge is 0.464 e. The maximum absolute atomic E-state index is 11.6. The van der Waals surface area contributed by atoms with E-state index in [1.807, 2.05) is 0 Å². The van der Waals surface area contributed by atoms with E-state index in [0.29, 0.717) is 12.4 Å². The second kappa shape index (κ2) is 4.95. The molecule has 0 fully saturated rings. The number of hydrogen-bond acceptors (Lipinski definition) is 5. The first-order valence-corrected chi connectivity index (χ1v) is 7.08. The van der Waals surface area contributed by atoms with Gasteiger partial charge in [0.25, 0.3) is 0 Å².